The molecule has 19 heavy (non-hydrogen) atoms. The van der Waals surface area contributed by atoms with Gasteiger partial charge in [-0.05, 0) is 43.5 Å². The molecule has 0 aromatic heterocycles. The van der Waals surface area contributed by atoms with Crippen LogP contribution in [-0.2, 0) is 11.3 Å². The summed E-state index contributed by atoms with van der Waals surface area (Å²) in [5.41, 5.74) is 0.521. The van der Waals surface area contributed by atoms with Crippen LogP contribution in [0.1, 0.15) is 18.4 Å². The van der Waals surface area contributed by atoms with Crippen molar-refractivity contribution in [3.8, 4) is 0 Å². The van der Waals surface area contributed by atoms with Crippen molar-refractivity contribution >= 4 is 21.8 Å². The zero-order chi connectivity index (χ0) is 13.8. The van der Waals surface area contributed by atoms with Crippen LogP contribution in [0.2, 0.25) is 0 Å². The summed E-state index contributed by atoms with van der Waals surface area (Å²) in [6, 6.07) is 4.76. The molecular formula is C14H18BrFN2O. The topological polar surface area (TPSA) is 32.3 Å². The molecule has 0 saturated heterocycles. The van der Waals surface area contributed by atoms with Gasteiger partial charge in [-0.25, -0.2) is 4.39 Å². The van der Waals surface area contributed by atoms with Crippen LogP contribution in [0.5, 0.6) is 0 Å². The monoisotopic (exact) mass is 328 g/mol. The lowest BCUT2D eigenvalue weighted by Crippen LogP contribution is -2.36. The number of likely N-dealkylation sites (N-methyl/N-ethyl adjacent to an activating group) is 1. The molecule has 2 rings (SSSR count). The minimum absolute atomic E-state index is 0.0139. The zero-order valence-corrected chi connectivity index (χ0v) is 12.5. The van der Waals surface area contributed by atoms with Gasteiger partial charge in [0.15, 0.2) is 0 Å². The van der Waals surface area contributed by atoms with Crippen LogP contribution in [0.4, 0.5) is 4.39 Å². The Labute approximate surface area is 121 Å². The Kier molecular flexibility index (Phi) is 4.93. The van der Waals surface area contributed by atoms with Gasteiger partial charge in [-0.15, -0.1) is 0 Å². The number of amides is 1. The third-order valence-electron chi connectivity index (χ3n) is 3.25. The second kappa shape index (κ2) is 6.48. The molecule has 1 amide bonds. The van der Waals surface area contributed by atoms with Crippen LogP contribution in [0, 0.1) is 11.7 Å². The van der Waals surface area contributed by atoms with Gasteiger partial charge in [0, 0.05) is 23.6 Å². The van der Waals surface area contributed by atoms with Crippen molar-refractivity contribution in [3.05, 3.63) is 34.1 Å². The van der Waals surface area contributed by atoms with Crippen molar-refractivity contribution in [2.24, 2.45) is 5.92 Å². The van der Waals surface area contributed by atoms with E-state index in [9.17, 15) is 9.18 Å². The lowest BCUT2D eigenvalue weighted by atomic mass is 10.2. The highest BCUT2D eigenvalue weighted by atomic mass is 79.9. The molecule has 3 nitrogen and oxygen atoms in total. The fourth-order valence-electron chi connectivity index (χ4n) is 1.85. The lowest BCUT2D eigenvalue weighted by molar-refractivity contribution is -0.129. The van der Waals surface area contributed by atoms with Crippen LogP contribution in [0.15, 0.2) is 22.7 Å². The van der Waals surface area contributed by atoms with E-state index in [4.69, 9.17) is 0 Å². The molecule has 1 fully saturated rings. The van der Waals surface area contributed by atoms with Gasteiger partial charge in [-0.1, -0.05) is 15.9 Å². The van der Waals surface area contributed by atoms with Gasteiger partial charge < -0.3 is 10.2 Å². The molecule has 1 aromatic rings. The third kappa shape index (κ3) is 4.58. The average Bonchev–Trinajstić information content (AvgIpc) is 3.17. The molecule has 0 aliphatic heterocycles. The first kappa shape index (κ1) is 14.5. The van der Waals surface area contributed by atoms with Gasteiger partial charge in [0.2, 0.25) is 5.91 Å². The molecular weight excluding hydrogens is 311 g/mol. The Morgan fingerprint density at radius 1 is 1.53 bits per heavy atom. The van der Waals surface area contributed by atoms with Crippen LogP contribution in [-0.4, -0.2) is 30.9 Å². The normalized spacial score (nSPS) is 14.5. The van der Waals surface area contributed by atoms with E-state index in [-0.39, 0.29) is 18.3 Å². The van der Waals surface area contributed by atoms with Crippen molar-refractivity contribution in [1.29, 1.82) is 0 Å². The van der Waals surface area contributed by atoms with Gasteiger partial charge in [-0.3, -0.25) is 4.79 Å². The Hall–Kier alpha value is -0.940. The summed E-state index contributed by atoms with van der Waals surface area (Å²) in [4.78, 5) is 13.4. The van der Waals surface area contributed by atoms with E-state index in [0.717, 1.165) is 16.9 Å². The summed E-state index contributed by atoms with van der Waals surface area (Å²) in [7, 11) is 1.70. The van der Waals surface area contributed by atoms with Crippen molar-refractivity contribution in [1.82, 2.24) is 10.2 Å². The molecule has 0 unspecified atom stereocenters. The second-order valence-electron chi connectivity index (χ2n) is 5.06. The summed E-state index contributed by atoms with van der Waals surface area (Å²) in [5, 5.41) is 3.15. The minimum Gasteiger partial charge on any atom is -0.340 e. The van der Waals surface area contributed by atoms with Gasteiger partial charge in [0.1, 0.15) is 5.82 Å². The number of benzene rings is 1. The molecule has 0 radical (unpaired) electrons. The SMILES string of the molecule is CN(Cc1cc(Br)ccc1F)C(=O)CNCC1CC1. The maximum Gasteiger partial charge on any atom is 0.236 e. The molecule has 0 atom stereocenters. The summed E-state index contributed by atoms with van der Waals surface area (Å²) in [6.07, 6.45) is 2.53. The van der Waals surface area contributed by atoms with Crippen molar-refractivity contribution in [2.75, 3.05) is 20.1 Å². The largest absolute Gasteiger partial charge is 0.340 e. The van der Waals surface area contributed by atoms with Crippen LogP contribution < -0.4 is 5.32 Å². The average molecular weight is 329 g/mol. The summed E-state index contributed by atoms with van der Waals surface area (Å²) >= 11 is 3.31. The number of rotatable bonds is 6. The van der Waals surface area contributed by atoms with Gasteiger partial charge in [0.25, 0.3) is 0 Å². The number of carbonyl (C=O) groups excluding carboxylic acids is 1. The third-order valence-corrected chi connectivity index (χ3v) is 3.74. The number of hydrogen-bond donors (Lipinski definition) is 1. The number of halogens is 2. The van der Waals surface area contributed by atoms with E-state index in [2.05, 4.69) is 21.2 Å². The fraction of sp³-hybridized carbons (Fsp3) is 0.500. The smallest absolute Gasteiger partial charge is 0.236 e. The highest BCUT2D eigenvalue weighted by molar-refractivity contribution is 9.10. The van der Waals surface area contributed by atoms with Crippen LogP contribution in [0.25, 0.3) is 0 Å². The first-order valence-electron chi connectivity index (χ1n) is 6.45. The van der Waals surface area contributed by atoms with E-state index < -0.39 is 0 Å². The molecule has 5 heteroatoms. The Morgan fingerprint density at radius 2 is 2.26 bits per heavy atom. The first-order valence-corrected chi connectivity index (χ1v) is 7.24. The molecule has 1 aliphatic rings. The quantitative estimate of drug-likeness (QED) is 0.870. The zero-order valence-electron chi connectivity index (χ0n) is 11.0. The maximum atomic E-state index is 13.6. The number of carbonyl (C=O) groups is 1. The highest BCUT2D eigenvalue weighted by Crippen LogP contribution is 2.27. The van der Waals surface area contributed by atoms with Crippen LogP contribution in [0.3, 0.4) is 0 Å². The van der Waals surface area contributed by atoms with E-state index in [1.165, 1.54) is 18.9 Å². The van der Waals surface area contributed by atoms with E-state index in [1.807, 2.05) is 0 Å². The number of nitrogens with one attached hydrogen (secondary N) is 1. The second-order valence-corrected chi connectivity index (χ2v) is 5.98. The Bertz CT molecular complexity index is 463. The molecule has 1 aromatic carbocycles. The van der Waals surface area contributed by atoms with E-state index in [0.29, 0.717) is 12.1 Å². The van der Waals surface area contributed by atoms with E-state index >= 15 is 0 Å². The predicted octanol–water partition coefficient (Wildman–Crippen LogP) is 2.55. The molecule has 1 saturated carbocycles. The maximum absolute atomic E-state index is 13.6. The molecule has 1 aliphatic carbocycles. The van der Waals surface area contributed by atoms with Gasteiger partial charge in [0.05, 0.1) is 6.54 Å². The fourth-order valence-corrected chi connectivity index (χ4v) is 2.26. The molecule has 0 bridgehead atoms. The minimum atomic E-state index is -0.284. The van der Waals surface area contributed by atoms with Crippen molar-refractivity contribution in [3.63, 3.8) is 0 Å². The molecule has 104 valence electrons. The van der Waals surface area contributed by atoms with Crippen molar-refractivity contribution < 1.29 is 9.18 Å². The number of hydrogen-bond acceptors (Lipinski definition) is 2. The highest BCUT2D eigenvalue weighted by Gasteiger charge is 2.21. The van der Waals surface area contributed by atoms with Gasteiger partial charge in [-0.2, -0.15) is 0 Å². The summed E-state index contributed by atoms with van der Waals surface area (Å²) in [6.45, 7) is 1.52. The Balaban J connectivity index is 1.82. The molecule has 0 heterocycles. The Morgan fingerprint density at radius 3 is 2.95 bits per heavy atom. The number of nitrogens with zero attached hydrogens (tertiary/aromatic N) is 1. The van der Waals surface area contributed by atoms with Crippen LogP contribution >= 0.6 is 15.9 Å². The predicted molar refractivity (Wildman–Crippen MR) is 76.2 cm³/mol. The molecule has 1 N–H and O–H groups in total. The molecule has 0 spiro atoms. The van der Waals surface area contributed by atoms with Gasteiger partial charge >= 0.3 is 0 Å². The first-order chi connectivity index (χ1) is 9.06. The van der Waals surface area contributed by atoms with Crippen molar-refractivity contribution in [2.45, 2.75) is 19.4 Å². The standard InChI is InChI=1S/C14H18BrFN2O/c1-18(14(19)8-17-7-10-2-3-10)9-11-6-12(15)4-5-13(11)16/h4-6,10,17H,2-3,7-9H2,1H3. The summed E-state index contributed by atoms with van der Waals surface area (Å²) < 4.78 is 14.4. The lowest BCUT2D eigenvalue weighted by Gasteiger charge is -2.18. The summed E-state index contributed by atoms with van der Waals surface area (Å²) in [5.74, 6) is 0.453. The van der Waals surface area contributed by atoms with E-state index in [1.54, 1.807) is 24.1 Å².